The molecule has 0 aliphatic rings. The molecule has 0 unspecified atom stereocenters. The average molecular weight is 280 g/mol. The smallest absolute Gasteiger partial charge is 0.376 e. The molecule has 0 fully saturated rings. The van der Waals surface area contributed by atoms with Crippen LogP contribution in [0.15, 0.2) is 6.07 Å². The van der Waals surface area contributed by atoms with E-state index in [2.05, 4.69) is 38.8 Å². The molecule has 0 bridgehead atoms. The second kappa shape index (κ2) is 6.65. The molecule has 6 nitrogen and oxygen atoms in total. The van der Waals surface area contributed by atoms with Gasteiger partial charge in [-0.1, -0.05) is 13.8 Å². The Morgan fingerprint density at radius 2 is 2.05 bits per heavy atom. The fourth-order valence-electron chi connectivity index (χ4n) is 2.08. The number of nitrogens with one attached hydrogen (secondary N) is 1. The number of aromatic nitrogens is 2. The van der Waals surface area contributed by atoms with Crippen LogP contribution in [0.2, 0.25) is 0 Å². The molecule has 0 aliphatic carbocycles. The molecule has 1 aromatic rings. The van der Waals surface area contributed by atoms with Gasteiger partial charge in [-0.05, 0) is 26.4 Å². The third-order valence-corrected chi connectivity index (χ3v) is 2.71. The van der Waals surface area contributed by atoms with Gasteiger partial charge in [0.1, 0.15) is 5.82 Å². The Balaban J connectivity index is 2.78. The van der Waals surface area contributed by atoms with Crippen LogP contribution in [0.3, 0.4) is 0 Å². The van der Waals surface area contributed by atoms with Crippen molar-refractivity contribution in [3.8, 4) is 0 Å². The van der Waals surface area contributed by atoms with Gasteiger partial charge in [0, 0.05) is 24.8 Å². The Labute approximate surface area is 120 Å². The van der Waals surface area contributed by atoms with Crippen molar-refractivity contribution < 1.29 is 9.53 Å². The van der Waals surface area contributed by atoms with Crippen LogP contribution in [0.1, 0.15) is 30.2 Å². The number of anilines is 1. The van der Waals surface area contributed by atoms with Crippen molar-refractivity contribution >= 4 is 11.8 Å². The first-order valence-corrected chi connectivity index (χ1v) is 6.56. The van der Waals surface area contributed by atoms with Crippen molar-refractivity contribution in [1.29, 1.82) is 0 Å². The van der Waals surface area contributed by atoms with Crippen LogP contribution in [0, 0.1) is 12.3 Å². The van der Waals surface area contributed by atoms with Crippen molar-refractivity contribution in [2.75, 3.05) is 39.6 Å². The van der Waals surface area contributed by atoms with E-state index in [1.807, 2.05) is 27.1 Å². The summed E-state index contributed by atoms with van der Waals surface area (Å²) in [6, 6.07) is 1.82. The van der Waals surface area contributed by atoms with Crippen LogP contribution in [-0.2, 0) is 4.74 Å². The zero-order valence-electron chi connectivity index (χ0n) is 13.1. The summed E-state index contributed by atoms with van der Waals surface area (Å²) in [5.74, 6) is 0.203. The molecule has 20 heavy (non-hydrogen) atoms. The highest BCUT2D eigenvalue weighted by molar-refractivity contribution is 5.85. The summed E-state index contributed by atoms with van der Waals surface area (Å²) >= 11 is 0. The Bertz CT molecular complexity index is 472. The molecule has 112 valence electrons. The molecule has 0 aromatic carbocycles. The second-order valence-electron chi connectivity index (χ2n) is 5.97. The van der Waals surface area contributed by atoms with Gasteiger partial charge in [0.2, 0.25) is 5.82 Å². The lowest BCUT2D eigenvalue weighted by Gasteiger charge is -2.28. The highest BCUT2D eigenvalue weighted by atomic mass is 16.5. The molecule has 1 heterocycles. The summed E-state index contributed by atoms with van der Waals surface area (Å²) in [5.41, 5.74) is 0.821. The maximum atomic E-state index is 11.5. The van der Waals surface area contributed by atoms with Crippen LogP contribution in [0.4, 0.5) is 5.82 Å². The fraction of sp³-hybridized carbons (Fsp3) is 0.643. The Kier molecular flexibility index (Phi) is 5.44. The number of nitrogens with zero attached hydrogens (tertiary/aromatic N) is 3. The van der Waals surface area contributed by atoms with E-state index in [1.165, 1.54) is 7.11 Å². The number of carbonyl (C=O) groups excluding carboxylic acids is 1. The first-order chi connectivity index (χ1) is 9.23. The Hall–Kier alpha value is -1.69. The third kappa shape index (κ3) is 5.13. The minimum absolute atomic E-state index is 0.0837. The van der Waals surface area contributed by atoms with E-state index >= 15 is 0 Å². The molecular formula is C14H24N4O2. The molecule has 0 aliphatic heterocycles. The third-order valence-electron chi connectivity index (χ3n) is 2.71. The molecule has 0 spiro atoms. The molecule has 0 saturated heterocycles. The number of carbonyl (C=O) groups is 1. The van der Waals surface area contributed by atoms with Crippen LogP contribution < -0.4 is 5.32 Å². The van der Waals surface area contributed by atoms with Gasteiger partial charge in [0.15, 0.2) is 0 Å². The molecule has 1 N–H and O–H groups in total. The average Bonchev–Trinajstić information content (AvgIpc) is 2.33. The Morgan fingerprint density at radius 1 is 1.40 bits per heavy atom. The number of hydrogen-bond donors (Lipinski definition) is 1. The monoisotopic (exact) mass is 280 g/mol. The lowest BCUT2D eigenvalue weighted by Crippen LogP contribution is -2.34. The molecule has 0 saturated carbocycles. The van der Waals surface area contributed by atoms with Gasteiger partial charge in [0.05, 0.1) is 7.11 Å². The summed E-state index contributed by atoms with van der Waals surface area (Å²) in [7, 11) is 5.42. The van der Waals surface area contributed by atoms with E-state index in [9.17, 15) is 4.79 Å². The summed E-state index contributed by atoms with van der Waals surface area (Å²) in [4.78, 5) is 21.9. The molecule has 1 aromatic heterocycles. The summed E-state index contributed by atoms with van der Waals surface area (Å²) in [6.45, 7) is 7.88. The van der Waals surface area contributed by atoms with Gasteiger partial charge in [0.25, 0.3) is 0 Å². The topological polar surface area (TPSA) is 67.3 Å². The van der Waals surface area contributed by atoms with E-state index in [4.69, 9.17) is 0 Å². The minimum atomic E-state index is -0.524. The van der Waals surface area contributed by atoms with Gasteiger partial charge < -0.3 is 15.0 Å². The van der Waals surface area contributed by atoms with Gasteiger partial charge >= 0.3 is 5.97 Å². The van der Waals surface area contributed by atoms with Crippen LogP contribution in [0.25, 0.3) is 0 Å². The highest BCUT2D eigenvalue weighted by Gasteiger charge is 2.19. The van der Waals surface area contributed by atoms with E-state index in [0.717, 1.165) is 18.8 Å². The van der Waals surface area contributed by atoms with Crippen LogP contribution >= 0.6 is 0 Å². The predicted molar refractivity (Wildman–Crippen MR) is 78.9 cm³/mol. The number of methoxy groups -OCH3 is 1. The predicted octanol–water partition coefficient (Wildman–Crippen LogP) is 1.57. The first kappa shape index (κ1) is 16.4. The van der Waals surface area contributed by atoms with E-state index in [-0.39, 0.29) is 11.2 Å². The quantitative estimate of drug-likeness (QED) is 0.798. The van der Waals surface area contributed by atoms with Crippen molar-refractivity contribution in [2.24, 2.45) is 5.41 Å². The number of rotatable bonds is 6. The van der Waals surface area contributed by atoms with Crippen molar-refractivity contribution in [3.05, 3.63) is 17.6 Å². The van der Waals surface area contributed by atoms with E-state index in [1.54, 1.807) is 0 Å². The Morgan fingerprint density at radius 3 is 2.60 bits per heavy atom. The molecule has 0 radical (unpaired) electrons. The minimum Gasteiger partial charge on any atom is -0.463 e. The van der Waals surface area contributed by atoms with Crippen molar-refractivity contribution in [2.45, 2.75) is 20.8 Å². The van der Waals surface area contributed by atoms with Gasteiger partial charge in [-0.3, -0.25) is 0 Å². The highest BCUT2D eigenvalue weighted by Crippen LogP contribution is 2.17. The van der Waals surface area contributed by atoms with Gasteiger partial charge in [-0.25, -0.2) is 14.8 Å². The van der Waals surface area contributed by atoms with Crippen LogP contribution in [0.5, 0.6) is 0 Å². The maximum absolute atomic E-state index is 11.5. The van der Waals surface area contributed by atoms with Crippen LogP contribution in [-0.4, -0.2) is 55.1 Å². The molecule has 0 amide bonds. The SMILES string of the molecule is COC(=O)c1nc(C)cc(NCC(C)(C)CN(C)C)n1. The lowest BCUT2D eigenvalue weighted by molar-refractivity contribution is 0.0586. The number of esters is 1. The maximum Gasteiger partial charge on any atom is 0.376 e. The fourth-order valence-corrected chi connectivity index (χ4v) is 2.08. The van der Waals surface area contributed by atoms with Crippen molar-refractivity contribution in [3.63, 3.8) is 0 Å². The zero-order valence-corrected chi connectivity index (χ0v) is 13.1. The lowest BCUT2D eigenvalue weighted by atomic mass is 9.93. The zero-order chi connectivity index (χ0) is 15.3. The second-order valence-corrected chi connectivity index (χ2v) is 5.97. The number of hydrogen-bond acceptors (Lipinski definition) is 6. The number of ether oxygens (including phenoxy) is 1. The molecule has 1 rings (SSSR count). The molecule has 6 heteroatoms. The van der Waals surface area contributed by atoms with Gasteiger partial charge in [-0.15, -0.1) is 0 Å². The molecule has 0 atom stereocenters. The van der Waals surface area contributed by atoms with E-state index in [0.29, 0.717) is 5.82 Å². The number of aryl methyl sites for hydroxylation is 1. The van der Waals surface area contributed by atoms with E-state index < -0.39 is 5.97 Å². The largest absolute Gasteiger partial charge is 0.463 e. The summed E-state index contributed by atoms with van der Waals surface area (Å²) < 4.78 is 4.65. The van der Waals surface area contributed by atoms with Crippen molar-refractivity contribution in [1.82, 2.24) is 14.9 Å². The normalized spacial score (nSPS) is 11.6. The summed E-state index contributed by atoms with van der Waals surface area (Å²) in [5, 5.41) is 3.26. The standard InChI is InChI=1S/C14H24N4O2/c1-10-7-11(17-12(16-10)13(19)20-6)15-8-14(2,3)9-18(4)5/h7H,8-9H2,1-6H3,(H,15,16,17). The summed E-state index contributed by atoms with van der Waals surface area (Å²) in [6.07, 6.45) is 0. The molecular weight excluding hydrogens is 256 g/mol. The van der Waals surface area contributed by atoms with Gasteiger partial charge in [-0.2, -0.15) is 0 Å². The first-order valence-electron chi connectivity index (χ1n) is 6.56.